The molecule has 0 heterocycles. The molecule has 2 aromatic carbocycles. The van der Waals surface area contributed by atoms with Crippen molar-refractivity contribution in [2.24, 2.45) is 5.92 Å². The normalized spacial score (nSPS) is 11.5. The van der Waals surface area contributed by atoms with Crippen LogP contribution < -0.4 is 14.8 Å². The van der Waals surface area contributed by atoms with Gasteiger partial charge in [-0.05, 0) is 54.8 Å². The highest BCUT2D eigenvalue weighted by atomic mass is 16.5. The number of carbonyl (C=O) groups excluding carboxylic acids is 1. The fourth-order valence-electron chi connectivity index (χ4n) is 2.48. The molecule has 0 saturated carbocycles. The van der Waals surface area contributed by atoms with Gasteiger partial charge in [0.25, 0.3) is 0 Å². The zero-order chi connectivity index (χ0) is 19.1. The molecule has 0 saturated heterocycles. The van der Waals surface area contributed by atoms with E-state index in [1.807, 2.05) is 38.1 Å². The Hall–Kier alpha value is -3.02. The van der Waals surface area contributed by atoms with Crippen LogP contribution in [-0.4, -0.2) is 30.7 Å². The van der Waals surface area contributed by atoms with Crippen LogP contribution in [0.25, 0.3) is 0 Å². The Morgan fingerprint density at radius 1 is 1.12 bits per heavy atom. The highest BCUT2D eigenvalue weighted by molar-refractivity contribution is 5.93. The Bertz CT molecular complexity index is 770. The third-order valence-electron chi connectivity index (χ3n) is 3.97. The van der Waals surface area contributed by atoms with Crippen molar-refractivity contribution in [2.45, 2.75) is 20.3 Å². The second-order valence-electron chi connectivity index (χ2n) is 6.10. The van der Waals surface area contributed by atoms with E-state index in [1.165, 1.54) is 0 Å². The second kappa shape index (κ2) is 8.89. The minimum Gasteiger partial charge on any atom is -0.497 e. The zero-order valence-electron chi connectivity index (χ0n) is 15.1. The number of ether oxygens (including phenoxy) is 2. The van der Waals surface area contributed by atoms with Crippen molar-refractivity contribution >= 4 is 17.6 Å². The zero-order valence-corrected chi connectivity index (χ0v) is 15.1. The molecule has 6 heteroatoms. The number of carboxylic acids is 1. The quantitative estimate of drug-likeness (QED) is 0.757. The predicted molar refractivity (Wildman–Crippen MR) is 98.8 cm³/mol. The molecule has 0 aromatic heterocycles. The fourth-order valence-corrected chi connectivity index (χ4v) is 2.48. The number of carbonyl (C=O) groups is 2. The lowest BCUT2D eigenvalue weighted by atomic mass is 10.00. The van der Waals surface area contributed by atoms with E-state index < -0.39 is 12.6 Å². The van der Waals surface area contributed by atoms with Crippen molar-refractivity contribution in [2.75, 3.05) is 19.0 Å². The highest BCUT2D eigenvalue weighted by Crippen LogP contribution is 2.22. The maximum Gasteiger partial charge on any atom is 0.341 e. The summed E-state index contributed by atoms with van der Waals surface area (Å²) in [6.45, 7) is 3.31. The number of methoxy groups -OCH3 is 1. The summed E-state index contributed by atoms with van der Waals surface area (Å²) in [6, 6.07) is 12.7. The molecule has 0 bridgehead atoms. The van der Waals surface area contributed by atoms with Crippen LogP contribution in [0.5, 0.6) is 11.5 Å². The van der Waals surface area contributed by atoms with Gasteiger partial charge in [0.1, 0.15) is 11.5 Å². The van der Waals surface area contributed by atoms with Crippen LogP contribution >= 0.6 is 0 Å². The van der Waals surface area contributed by atoms with Gasteiger partial charge in [-0.1, -0.05) is 19.1 Å². The average Bonchev–Trinajstić information content (AvgIpc) is 2.62. The summed E-state index contributed by atoms with van der Waals surface area (Å²) in [5.74, 6) is -0.0814. The van der Waals surface area contributed by atoms with Crippen LogP contribution in [0.1, 0.15) is 18.1 Å². The average molecular weight is 357 g/mol. The van der Waals surface area contributed by atoms with E-state index in [-0.39, 0.29) is 11.8 Å². The molecule has 138 valence electrons. The lowest BCUT2D eigenvalue weighted by Crippen LogP contribution is -2.22. The summed E-state index contributed by atoms with van der Waals surface area (Å²) < 4.78 is 10.3. The number of hydrogen-bond donors (Lipinski definition) is 2. The molecular weight excluding hydrogens is 334 g/mol. The molecule has 0 fully saturated rings. The molecule has 0 spiro atoms. The maximum atomic E-state index is 12.4. The van der Waals surface area contributed by atoms with Crippen LogP contribution in [0.3, 0.4) is 0 Å². The topological polar surface area (TPSA) is 84.9 Å². The first-order chi connectivity index (χ1) is 12.4. The van der Waals surface area contributed by atoms with E-state index >= 15 is 0 Å². The lowest BCUT2D eigenvalue weighted by Gasteiger charge is -2.15. The van der Waals surface area contributed by atoms with E-state index in [0.29, 0.717) is 17.9 Å². The van der Waals surface area contributed by atoms with E-state index in [4.69, 9.17) is 14.6 Å². The highest BCUT2D eigenvalue weighted by Gasteiger charge is 2.15. The number of nitrogens with one attached hydrogen (secondary N) is 1. The largest absolute Gasteiger partial charge is 0.497 e. The first-order valence-electron chi connectivity index (χ1n) is 8.28. The van der Waals surface area contributed by atoms with Crippen LogP contribution in [0.2, 0.25) is 0 Å². The number of amides is 1. The molecule has 2 rings (SSSR count). The van der Waals surface area contributed by atoms with Crippen LogP contribution in [-0.2, 0) is 16.0 Å². The van der Waals surface area contributed by atoms with Gasteiger partial charge in [-0.2, -0.15) is 0 Å². The van der Waals surface area contributed by atoms with Crippen LogP contribution in [0, 0.1) is 12.8 Å². The summed E-state index contributed by atoms with van der Waals surface area (Å²) in [4.78, 5) is 23.0. The van der Waals surface area contributed by atoms with Crippen molar-refractivity contribution in [3.8, 4) is 11.5 Å². The Morgan fingerprint density at radius 3 is 2.35 bits per heavy atom. The van der Waals surface area contributed by atoms with Gasteiger partial charge in [0.2, 0.25) is 5.91 Å². The minimum absolute atomic E-state index is 0.0804. The molecule has 2 aromatic rings. The first-order valence-corrected chi connectivity index (χ1v) is 8.28. The fraction of sp³-hybridized carbons (Fsp3) is 0.300. The standard InChI is InChI=1S/C20H23NO5/c1-13-11-17(26-12-19(22)23)8-9-18(13)21-20(24)14(2)10-15-4-6-16(25-3)7-5-15/h4-9,11,14H,10,12H2,1-3H3,(H,21,24)(H,22,23). The first kappa shape index (κ1) is 19.3. The number of anilines is 1. The molecule has 1 atom stereocenters. The Morgan fingerprint density at radius 2 is 1.77 bits per heavy atom. The summed E-state index contributed by atoms with van der Waals surface area (Å²) in [5, 5.41) is 11.5. The molecule has 0 aliphatic heterocycles. The molecule has 1 amide bonds. The number of aliphatic carboxylic acids is 1. The number of carboxylic acid groups (broad SMARTS) is 1. The van der Waals surface area contributed by atoms with Gasteiger partial charge in [-0.15, -0.1) is 0 Å². The van der Waals surface area contributed by atoms with Gasteiger partial charge >= 0.3 is 5.97 Å². The van der Waals surface area contributed by atoms with Gasteiger partial charge in [-0.3, -0.25) is 4.79 Å². The Balaban J connectivity index is 1.96. The van der Waals surface area contributed by atoms with Crippen LogP contribution in [0.4, 0.5) is 5.69 Å². The molecule has 6 nitrogen and oxygen atoms in total. The number of hydrogen-bond acceptors (Lipinski definition) is 4. The summed E-state index contributed by atoms with van der Waals surface area (Å²) in [6.07, 6.45) is 0.620. The molecule has 2 N–H and O–H groups in total. The van der Waals surface area contributed by atoms with E-state index in [1.54, 1.807) is 25.3 Å². The smallest absolute Gasteiger partial charge is 0.341 e. The van der Waals surface area contributed by atoms with E-state index in [9.17, 15) is 9.59 Å². The SMILES string of the molecule is COc1ccc(CC(C)C(=O)Nc2ccc(OCC(=O)O)cc2C)cc1. The van der Waals surface area contributed by atoms with Crippen molar-refractivity contribution in [1.82, 2.24) is 0 Å². The number of aryl methyl sites for hydroxylation is 1. The monoisotopic (exact) mass is 357 g/mol. The van der Waals surface area contributed by atoms with E-state index in [0.717, 1.165) is 16.9 Å². The molecule has 0 radical (unpaired) electrons. The van der Waals surface area contributed by atoms with E-state index in [2.05, 4.69) is 5.32 Å². The summed E-state index contributed by atoms with van der Waals surface area (Å²) in [5.41, 5.74) is 2.54. The van der Waals surface area contributed by atoms with Gasteiger partial charge < -0.3 is 19.9 Å². The van der Waals surface area contributed by atoms with Crippen molar-refractivity contribution in [3.63, 3.8) is 0 Å². The third kappa shape index (κ3) is 5.51. The van der Waals surface area contributed by atoms with Crippen molar-refractivity contribution in [3.05, 3.63) is 53.6 Å². The van der Waals surface area contributed by atoms with Crippen molar-refractivity contribution in [1.29, 1.82) is 0 Å². The number of rotatable bonds is 8. The van der Waals surface area contributed by atoms with Crippen molar-refractivity contribution < 1.29 is 24.2 Å². The third-order valence-corrected chi connectivity index (χ3v) is 3.97. The van der Waals surface area contributed by atoms with Crippen LogP contribution in [0.15, 0.2) is 42.5 Å². The van der Waals surface area contributed by atoms with Gasteiger partial charge in [0, 0.05) is 11.6 Å². The Labute approximate surface area is 152 Å². The lowest BCUT2D eigenvalue weighted by molar-refractivity contribution is -0.139. The van der Waals surface area contributed by atoms with Gasteiger partial charge in [0.05, 0.1) is 7.11 Å². The maximum absolute atomic E-state index is 12.4. The van der Waals surface area contributed by atoms with Gasteiger partial charge in [-0.25, -0.2) is 4.79 Å². The molecule has 0 aliphatic rings. The summed E-state index contributed by atoms with van der Waals surface area (Å²) >= 11 is 0. The minimum atomic E-state index is -1.03. The molecule has 1 unspecified atom stereocenters. The Kier molecular flexibility index (Phi) is 6.60. The molecule has 0 aliphatic carbocycles. The predicted octanol–water partition coefficient (Wildman–Crippen LogP) is 3.28. The molecule has 26 heavy (non-hydrogen) atoms. The summed E-state index contributed by atoms with van der Waals surface area (Å²) in [7, 11) is 1.62. The number of benzene rings is 2. The van der Waals surface area contributed by atoms with Gasteiger partial charge in [0.15, 0.2) is 6.61 Å². The molecular formula is C20H23NO5. The second-order valence-corrected chi connectivity index (χ2v) is 6.10.